The van der Waals surface area contributed by atoms with Gasteiger partial charge >= 0.3 is 420 Å². The van der Waals surface area contributed by atoms with Gasteiger partial charge < -0.3 is 0 Å². The Balaban J connectivity index is 0.000000142. The third-order valence-electron chi connectivity index (χ3n) is 12.3. The van der Waals surface area contributed by atoms with Crippen LogP contribution < -0.4 is 47.7 Å². The van der Waals surface area contributed by atoms with E-state index in [-0.39, 0.29) is 0 Å². The van der Waals surface area contributed by atoms with Crippen LogP contribution >= 0.6 is 78.9 Å². The summed E-state index contributed by atoms with van der Waals surface area (Å²) >= 11 is 8.21. The number of benzene rings is 9. The van der Waals surface area contributed by atoms with Crippen LogP contribution in [0.1, 0.15) is 0 Å². The molecular weight excluding hydrogens is 1160 g/mol. The second kappa shape index (κ2) is 19.9. The minimum absolute atomic E-state index is 1.42. The Morgan fingerprint density at radius 3 is 0.333 bits per heavy atom. The van der Waals surface area contributed by atoms with Crippen molar-refractivity contribution < 1.29 is 0 Å². The molecule has 0 aromatic heterocycles. The average molecular weight is 1210 g/mol. The Morgan fingerprint density at radius 1 is 0.175 bits per heavy atom. The van der Waals surface area contributed by atoms with E-state index >= 15 is 0 Å². The Labute approximate surface area is 415 Å². The summed E-state index contributed by atoms with van der Waals surface area (Å²) < 4.78 is -7.21. The number of hydrogen-bond donors (Lipinski definition) is 0. The summed E-state index contributed by atoms with van der Waals surface area (Å²) in [5.74, 6) is 0. The Bertz CT molecular complexity index is 2170. The second-order valence-corrected chi connectivity index (χ2v) is 51.2. The minimum atomic E-state index is -2.40. The fraction of sp³-hybridized carbons (Fsp3) is 0.0526. The van der Waals surface area contributed by atoms with Crippen molar-refractivity contribution in [1.29, 1.82) is 0 Å². The van der Waals surface area contributed by atoms with Crippen molar-refractivity contribution in [2.24, 2.45) is 0 Å². The quantitative estimate of drug-likeness (QED) is 0.0998. The van der Waals surface area contributed by atoms with Crippen LogP contribution in [0.15, 0.2) is 273 Å². The SMILES string of the molecule is CP(I)(c1ccccc1)(c1ccccc1)c1ccccc1.CP(I)(c1ccccc1)(c1ccccc1)c1ccccc1.CP(I)(c1ccccc1)(c1ccccc1)c1ccccc1. The molecule has 0 N–H and O–H groups in total. The van der Waals surface area contributed by atoms with Gasteiger partial charge in [-0.25, -0.2) is 0 Å². The zero-order valence-corrected chi connectivity index (χ0v) is 45.1. The first-order valence-electron chi connectivity index (χ1n) is 21.1. The summed E-state index contributed by atoms with van der Waals surface area (Å²) in [6.07, 6.45) is 0. The van der Waals surface area contributed by atoms with Gasteiger partial charge in [0.25, 0.3) is 0 Å². The first kappa shape index (κ1) is 47.4. The zero-order chi connectivity index (χ0) is 44.4. The molecule has 0 aliphatic heterocycles. The first-order valence-corrected chi connectivity index (χ1v) is 37.5. The molecule has 0 heterocycles. The molecular formula is C57H54I3P3. The molecule has 0 aliphatic rings. The Kier molecular flexibility index (Phi) is 15.0. The van der Waals surface area contributed by atoms with Crippen LogP contribution in [0.25, 0.3) is 0 Å². The third-order valence-corrected chi connectivity index (χ3v) is 41.1. The van der Waals surface area contributed by atoms with Gasteiger partial charge in [-0.05, 0) is 0 Å². The molecule has 318 valence electrons. The Morgan fingerprint density at radius 2 is 0.254 bits per heavy atom. The van der Waals surface area contributed by atoms with Crippen molar-refractivity contribution >= 4 is 127 Å². The standard InChI is InChI=1S/3C19H18IP/c3*1-21(20,17-11-5-2-6-12-17,18-13-7-3-8-14-18)19-15-9-4-10-16-19/h3*2-16H,1H3. The van der Waals surface area contributed by atoms with E-state index in [1.165, 1.54) is 47.7 Å². The molecule has 9 aromatic rings. The molecule has 0 amide bonds. The summed E-state index contributed by atoms with van der Waals surface area (Å²) in [4.78, 5) is 0. The second-order valence-electron chi connectivity index (χ2n) is 16.3. The van der Waals surface area contributed by atoms with Crippen molar-refractivity contribution in [3.8, 4) is 0 Å². The van der Waals surface area contributed by atoms with Gasteiger partial charge in [0.2, 0.25) is 0 Å². The fourth-order valence-electron chi connectivity index (χ4n) is 8.38. The van der Waals surface area contributed by atoms with Crippen molar-refractivity contribution in [3.63, 3.8) is 0 Å². The zero-order valence-electron chi connectivity index (χ0n) is 36.0. The molecule has 9 aromatic carbocycles. The van der Waals surface area contributed by atoms with Crippen molar-refractivity contribution in [3.05, 3.63) is 273 Å². The number of hydrogen-bond acceptors (Lipinski definition) is 0. The molecule has 63 heavy (non-hydrogen) atoms. The van der Waals surface area contributed by atoms with Crippen molar-refractivity contribution in [2.75, 3.05) is 20.0 Å². The molecule has 0 nitrogen and oxygen atoms in total. The van der Waals surface area contributed by atoms with Gasteiger partial charge in [0.15, 0.2) is 0 Å². The molecule has 0 spiro atoms. The van der Waals surface area contributed by atoms with Gasteiger partial charge in [-0.1, -0.05) is 0 Å². The summed E-state index contributed by atoms with van der Waals surface area (Å²) in [5.41, 5.74) is 0. The number of halogens is 3. The predicted molar refractivity (Wildman–Crippen MR) is 315 cm³/mol. The summed E-state index contributed by atoms with van der Waals surface area (Å²) in [5, 5.41) is 12.8. The first-order chi connectivity index (χ1) is 30.4. The molecule has 0 radical (unpaired) electrons. The molecule has 0 bridgehead atoms. The predicted octanol–water partition coefficient (Wildman–Crippen LogP) is 13.5. The van der Waals surface area contributed by atoms with E-state index in [0.29, 0.717) is 0 Å². The van der Waals surface area contributed by atoms with Gasteiger partial charge in [-0.3, -0.25) is 0 Å². The van der Waals surface area contributed by atoms with E-state index < -0.39 is 12.7 Å². The molecule has 0 aliphatic carbocycles. The van der Waals surface area contributed by atoms with E-state index in [1.807, 2.05) is 0 Å². The van der Waals surface area contributed by atoms with Crippen LogP contribution in [-0.2, 0) is 0 Å². The van der Waals surface area contributed by atoms with E-state index in [0.717, 1.165) is 0 Å². The molecule has 0 atom stereocenters. The van der Waals surface area contributed by atoms with E-state index in [2.05, 4.69) is 359 Å². The van der Waals surface area contributed by atoms with E-state index in [4.69, 9.17) is 0 Å². The van der Waals surface area contributed by atoms with Gasteiger partial charge in [0.05, 0.1) is 0 Å². The van der Waals surface area contributed by atoms with Crippen LogP contribution in [-0.4, -0.2) is 20.0 Å². The molecule has 0 saturated heterocycles. The number of rotatable bonds is 9. The van der Waals surface area contributed by atoms with Gasteiger partial charge in [0.1, 0.15) is 0 Å². The molecule has 0 unspecified atom stereocenters. The van der Waals surface area contributed by atoms with E-state index in [9.17, 15) is 0 Å². The monoisotopic (exact) mass is 1210 g/mol. The normalized spacial score (nSPS) is 13.3. The maximum atomic E-state index is 2.74. The molecule has 0 fully saturated rings. The third kappa shape index (κ3) is 9.45. The molecule has 9 rings (SSSR count). The van der Waals surface area contributed by atoms with Crippen LogP contribution in [0.2, 0.25) is 0 Å². The molecule has 6 heteroatoms. The average Bonchev–Trinajstić information content (AvgIpc) is 3.37. The summed E-state index contributed by atoms with van der Waals surface area (Å²) in [6.45, 7) is 7.31. The maximum absolute atomic E-state index is 2.74. The van der Waals surface area contributed by atoms with Gasteiger partial charge in [0, 0.05) is 0 Å². The summed E-state index contributed by atoms with van der Waals surface area (Å²) in [6, 6.07) is 98.2. The summed E-state index contributed by atoms with van der Waals surface area (Å²) in [7, 11) is 0. The van der Waals surface area contributed by atoms with Crippen molar-refractivity contribution in [2.45, 2.75) is 0 Å². The molecule has 0 saturated carbocycles. The van der Waals surface area contributed by atoms with Crippen LogP contribution in [0.4, 0.5) is 0 Å². The van der Waals surface area contributed by atoms with Crippen LogP contribution in [0.3, 0.4) is 0 Å². The Hall–Kier alpha value is -3.54. The van der Waals surface area contributed by atoms with Gasteiger partial charge in [-0.15, -0.1) is 0 Å². The van der Waals surface area contributed by atoms with Crippen LogP contribution in [0.5, 0.6) is 0 Å². The van der Waals surface area contributed by atoms with E-state index in [1.54, 1.807) is 0 Å². The van der Waals surface area contributed by atoms with Crippen molar-refractivity contribution in [1.82, 2.24) is 0 Å². The fourth-order valence-corrected chi connectivity index (χ4v) is 27.7. The topological polar surface area (TPSA) is 0 Å². The van der Waals surface area contributed by atoms with Gasteiger partial charge in [-0.2, -0.15) is 0 Å². The van der Waals surface area contributed by atoms with Crippen LogP contribution in [0, 0.1) is 0 Å².